The average molecular weight is 460 g/mol. The van der Waals surface area contributed by atoms with Crippen LogP contribution in [0.2, 0.25) is 0 Å². The fourth-order valence-electron chi connectivity index (χ4n) is 3.27. The van der Waals surface area contributed by atoms with Crippen LogP contribution in [0, 0.1) is 5.82 Å². The van der Waals surface area contributed by atoms with Crippen molar-refractivity contribution in [3.05, 3.63) is 110 Å². The lowest BCUT2D eigenvalue weighted by Gasteiger charge is -2.14. The van der Waals surface area contributed by atoms with E-state index in [4.69, 9.17) is 9.26 Å². The minimum atomic E-state index is -4.69. The summed E-state index contributed by atoms with van der Waals surface area (Å²) in [5.41, 5.74) is -0.234. The molecule has 1 N–H and O–H groups in total. The highest BCUT2D eigenvalue weighted by molar-refractivity contribution is 5.68. The van der Waals surface area contributed by atoms with Gasteiger partial charge in [-0.25, -0.2) is 19.0 Å². The summed E-state index contributed by atoms with van der Waals surface area (Å²) < 4.78 is 64.7. The topological polar surface area (TPSA) is 77.2 Å². The molecule has 6 nitrogen and oxygen atoms in total. The first kappa shape index (κ1) is 22.1. The van der Waals surface area contributed by atoms with Gasteiger partial charge in [0.1, 0.15) is 18.2 Å². The van der Waals surface area contributed by atoms with Crippen LogP contribution in [0.25, 0.3) is 11.1 Å². The van der Waals surface area contributed by atoms with E-state index in [1.165, 1.54) is 6.07 Å². The number of nitrogens with zero attached hydrogens (tertiary/aromatic N) is 1. The third-order valence-electron chi connectivity index (χ3n) is 4.81. The van der Waals surface area contributed by atoms with Crippen molar-refractivity contribution in [1.82, 2.24) is 9.72 Å². The number of benzene rings is 3. The molecule has 33 heavy (non-hydrogen) atoms. The summed E-state index contributed by atoms with van der Waals surface area (Å²) in [6, 6.07) is 15.6. The van der Waals surface area contributed by atoms with Crippen LogP contribution < -0.4 is 16.2 Å². The molecule has 10 heteroatoms. The summed E-state index contributed by atoms with van der Waals surface area (Å²) in [4.78, 5) is 24.5. The average Bonchev–Trinajstić information content (AvgIpc) is 3.09. The molecule has 0 aliphatic rings. The standard InChI is InChI=1S/C23H16F4N2O4/c24-17-6-9-19(20(11-17)23(25,26)27)16-3-1-2-15(10-16)13-32-18-7-4-14(5-8-18)12-29-21(30)28-22(31)33-29/h1-11H,12-13H2,(H,28,30,31). The predicted octanol–water partition coefficient (Wildman–Crippen LogP) is 4.58. The van der Waals surface area contributed by atoms with Gasteiger partial charge in [-0.05, 0) is 52.6 Å². The van der Waals surface area contributed by atoms with Gasteiger partial charge < -0.3 is 9.26 Å². The Kier molecular flexibility index (Phi) is 5.91. The van der Waals surface area contributed by atoms with Crippen LogP contribution in [-0.4, -0.2) is 9.72 Å². The minimum Gasteiger partial charge on any atom is -0.489 e. The van der Waals surface area contributed by atoms with E-state index in [1.54, 1.807) is 42.5 Å². The Balaban J connectivity index is 1.47. The highest BCUT2D eigenvalue weighted by Gasteiger charge is 2.34. The minimum absolute atomic E-state index is 0.0547. The largest absolute Gasteiger partial charge is 0.489 e. The molecular weight excluding hydrogens is 444 g/mol. The van der Waals surface area contributed by atoms with E-state index < -0.39 is 29.0 Å². The molecule has 0 spiro atoms. The second-order valence-corrected chi connectivity index (χ2v) is 7.17. The SMILES string of the molecule is O=c1[nH]c(=O)n(Cc2ccc(OCc3cccc(-c4ccc(F)cc4C(F)(F)F)c3)cc2)o1. The van der Waals surface area contributed by atoms with Gasteiger partial charge in [0.25, 0.3) is 0 Å². The van der Waals surface area contributed by atoms with Gasteiger partial charge in [-0.1, -0.05) is 36.4 Å². The van der Waals surface area contributed by atoms with Gasteiger partial charge >= 0.3 is 17.6 Å². The number of alkyl halides is 3. The van der Waals surface area contributed by atoms with E-state index in [1.807, 2.05) is 4.98 Å². The molecule has 0 saturated carbocycles. The van der Waals surface area contributed by atoms with Crippen molar-refractivity contribution in [2.24, 2.45) is 0 Å². The summed E-state index contributed by atoms with van der Waals surface area (Å²) in [5, 5.41) is 0. The number of ether oxygens (including phenoxy) is 1. The lowest BCUT2D eigenvalue weighted by molar-refractivity contribution is -0.137. The number of aromatic amines is 1. The number of aromatic nitrogens is 2. The second-order valence-electron chi connectivity index (χ2n) is 7.17. The van der Waals surface area contributed by atoms with Gasteiger partial charge in [0.2, 0.25) is 0 Å². The summed E-state index contributed by atoms with van der Waals surface area (Å²) in [6.45, 7) is 0.140. The van der Waals surface area contributed by atoms with E-state index in [0.29, 0.717) is 22.9 Å². The maximum absolute atomic E-state index is 13.4. The molecule has 0 bridgehead atoms. The zero-order valence-electron chi connectivity index (χ0n) is 16.9. The summed E-state index contributed by atoms with van der Waals surface area (Å²) in [7, 11) is 0. The van der Waals surface area contributed by atoms with Crippen LogP contribution in [0.3, 0.4) is 0 Å². The predicted molar refractivity (Wildman–Crippen MR) is 110 cm³/mol. The number of hydrogen-bond donors (Lipinski definition) is 1. The Hall–Kier alpha value is -4.08. The normalized spacial score (nSPS) is 11.5. The third kappa shape index (κ3) is 5.22. The van der Waals surface area contributed by atoms with Crippen molar-refractivity contribution in [3.8, 4) is 16.9 Å². The molecule has 1 heterocycles. The molecule has 0 unspecified atom stereocenters. The maximum atomic E-state index is 13.4. The highest BCUT2D eigenvalue weighted by Crippen LogP contribution is 2.37. The second kappa shape index (κ2) is 8.81. The third-order valence-corrected chi connectivity index (χ3v) is 4.81. The van der Waals surface area contributed by atoms with Gasteiger partial charge in [0, 0.05) is 0 Å². The molecular formula is C23H16F4N2O4. The summed E-state index contributed by atoms with van der Waals surface area (Å²) in [5.74, 6) is -1.31. The Bertz CT molecular complexity index is 1390. The Morgan fingerprint density at radius 3 is 2.36 bits per heavy atom. The van der Waals surface area contributed by atoms with Gasteiger partial charge in [0.05, 0.1) is 12.1 Å². The van der Waals surface area contributed by atoms with E-state index >= 15 is 0 Å². The molecule has 4 aromatic rings. The van der Waals surface area contributed by atoms with Crippen molar-refractivity contribution in [3.63, 3.8) is 0 Å². The number of H-pyrrole nitrogens is 1. The van der Waals surface area contributed by atoms with Crippen LogP contribution >= 0.6 is 0 Å². The highest BCUT2D eigenvalue weighted by atomic mass is 19.4. The number of rotatable bonds is 6. The molecule has 0 aliphatic heterocycles. The Morgan fingerprint density at radius 2 is 1.70 bits per heavy atom. The van der Waals surface area contributed by atoms with Crippen LogP contribution in [0.5, 0.6) is 5.75 Å². The van der Waals surface area contributed by atoms with E-state index in [0.717, 1.165) is 16.9 Å². The maximum Gasteiger partial charge on any atom is 0.440 e. The fourth-order valence-corrected chi connectivity index (χ4v) is 3.27. The van der Waals surface area contributed by atoms with Crippen LogP contribution in [0.1, 0.15) is 16.7 Å². The summed E-state index contributed by atoms with van der Waals surface area (Å²) in [6.07, 6.45) is -4.69. The van der Waals surface area contributed by atoms with Gasteiger partial charge in [-0.3, -0.25) is 0 Å². The molecule has 3 aromatic carbocycles. The first-order valence-electron chi connectivity index (χ1n) is 9.67. The smallest absolute Gasteiger partial charge is 0.440 e. The van der Waals surface area contributed by atoms with Gasteiger partial charge in [-0.2, -0.15) is 13.2 Å². The molecule has 0 atom stereocenters. The van der Waals surface area contributed by atoms with Crippen molar-refractivity contribution in [1.29, 1.82) is 0 Å². The van der Waals surface area contributed by atoms with Gasteiger partial charge in [-0.15, -0.1) is 4.74 Å². The number of nitrogens with one attached hydrogen (secondary N) is 1. The lowest BCUT2D eigenvalue weighted by Crippen LogP contribution is -2.17. The molecule has 0 radical (unpaired) electrons. The molecule has 170 valence electrons. The van der Waals surface area contributed by atoms with Crippen molar-refractivity contribution in [2.75, 3.05) is 0 Å². The van der Waals surface area contributed by atoms with Crippen LogP contribution in [0.15, 0.2) is 80.8 Å². The first-order valence-corrected chi connectivity index (χ1v) is 9.67. The van der Waals surface area contributed by atoms with Crippen LogP contribution in [-0.2, 0) is 19.3 Å². The Labute approximate surface area is 183 Å². The number of hydrogen-bond acceptors (Lipinski definition) is 4. The molecule has 1 aromatic heterocycles. The molecule has 0 amide bonds. The van der Waals surface area contributed by atoms with Crippen LogP contribution in [0.4, 0.5) is 17.6 Å². The Morgan fingerprint density at radius 1 is 0.939 bits per heavy atom. The van der Waals surface area contributed by atoms with Crippen molar-refractivity contribution < 1.29 is 26.8 Å². The molecule has 4 rings (SSSR count). The van der Waals surface area contributed by atoms with E-state index in [9.17, 15) is 27.2 Å². The molecule has 0 aliphatic carbocycles. The monoisotopic (exact) mass is 460 g/mol. The zero-order chi connectivity index (χ0) is 23.6. The van der Waals surface area contributed by atoms with Crippen molar-refractivity contribution in [2.45, 2.75) is 19.3 Å². The summed E-state index contributed by atoms with van der Waals surface area (Å²) >= 11 is 0. The lowest BCUT2D eigenvalue weighted by atomic mass is 9.97. The van der Waals surface area contributed by atoms with Crippen molar-refractivity contribution >= 4 is 0 Å². The molecule has 0 fully saturated rings. The fraction of sp³-hybridized carbons (Fsp3) is 0.130. The first-order chi connectivity index (χ1) is 15.7. The quantitative estimate of drug-likeness (QED) is 0.428. The van der Waals surface area contributed by atoms with E-state index in [-0.39, 0.29) is 24.3 Å². The van der Waals surface area contributed by atoms with Gasteiger partial charge in [0.15, 0.2) is 0 Å². The number of halogens is 4. The molecule has 0 saturated heterocycles. The van der Waals surface area contributed by atoms with E-state index in [2.05, 4.69) is 0 Å². The zero-order valence-corrected chi connectivity index (χ0v) is 16.9.